The minimum absolute atomic E-state index is 0.287. The van der Waals surface area contributed by atoms with Crippen molar-refractivity contribution in [3.05, 3.63) is 42.0 Å². The average Bonchev–Trinajstić information content (AvgIpc) is 2.85. The third kappa shape index (κ3) is 2.66. The molecule has 0 aliphatic heterocycles. The SMILES string of the molecule is CC(C)n1ncnc1CNc1cccc(C#N)c1. The highest BCUT2D eigenvalue weighted by Gasteiger charge is 2.06. The molecule has 0 bridgehead atoms. The molecule has 0 aliphatic rings. The zero-order valence-electron chi connectivity index (χ0n) is 10.5. The van der Waals surface area contributed by atoms with E-state index >= 15 is 0 Å². The van der Waals surface area contributed by atoms with Gasteiger partial charge in [-0.05, 0) is 32.0 Å². The summed E-state index contributed by atoms with van der Waals surface area (Å²) in [6.07, 6.45) is 1.56. The average molecular weight is 241 g/mol. The van der Waals surface area contributed by atoms with E-state index in [9.17, 15) is 0 Å². The van der Waals surface area contributed by atoms with Crippen molar-refractivity contribution in [1.82, 2.24) is 14.8 Å². The molecular weight excluding hydrogens is 226 g/mol. The molecular formula is C13H15N5. The molecule has 0 atom stereocenters. The highest BCUT2D eigenvalue weighted by atomic mass is 15.3. The van der Waals surface area contributed by atoms with Gasteiger partial charge in [-0.1, -0.05) is 6.07 Å². The van der Waals surface area contributed by atoms with Gasteiger partial charge in [-0.3, -0.25) is 0 Å². The fourth-order valence-corrected chi connectivity index (χ4v) is 1.71. The second-order valence-corrected chi connectivity index (χ2v) is 4.26. The van der Waals surface area contributed by atoms with Crippen molar-refractivity contribution in [2.45, 2.75) is 26.4 Å². The monoisotopic (exact) mass is 241 g/mol. The number of hydrogen-bond donors (Lipinski definition) is 1. The summed E-state index contributed by atoms with van der Waals surface area (Å²) < 4.78 is 1.88. The highest BCUT2D eigenvalue weighted by Crippen LogP contribution is 2.12. The van der Waals surface area contributed by atoms with Crippen LogP contribution in [0.15, 0.2) is 30.6 Å². The van der Waals surface area contributed by atoms with Crippen LogP contribution >= 0.6 is 0 Å². The lowest BCUT2D eigenvalue weighted by Crippen LogP contribution is -2.12. The number of nitriles is 1. The zero-order chi connectivity index (χ0) is 13.0. The summed E-state index contributed by atoms with van der Waals surface area (Å²) in [7, 11) is 0. The van der Waals surface area contributed by atoms with Gasteiger partial charge in [0.1, 0.15) is 12.2 Å². The maximum atomic E-state index is 8.83. The number of nitrogens with zero attached hydrogens (tertiary/aromatic N) is 4. The van der Waals surface area contributed by atoms with Gasteiger partial charge in [0.25, 0.3) is 0 Å². The Hall–Kier alpha value is -2.35. The second-order valence-electron chi connectivity index (χ2n) is 4.26. The van der Waals surface area contributed by atoms with Crippen molar-refractivity contribution in [3.8, 4) is 6.07 Å². The second kappa shape index (κ2) is 5.32. The van der Waals surface area contributed by atoms with Crippen LogP contribution in [0.3, 0.4) is 0 Å². The number of hydrogen-bond acceptors (Lipinski definition) is 4. The summed E-state index contributed by atoms with van der Waals surface area (Å²) in [5, 5.41) is 16.2. The fraction of sp³-hybridized carbons (Fsp3) is 0.308. The van der Waals surface area contributed by atoms with E-state index in [4.69, 9.17) is 5.26 Å². The van der Waals surface area contributed by atoms with Gasteiger partial charge in [0.2, 0.25) is 0 Å². The van der Waals surface area contributed by atoms with E-state index in [1.165, 1.54) is 0 Å². The molecule has 0 amide bonds. The molecule has 0 spiro atoms. The number of rotatable bonds is 4. The Kier molecular flexibility index (Phi) is 3.58. The van der Waals surface area contributed by atoms with E-state index in [-0.39, 0.29) is 6.04 Å². The number of nitrogens with one attached hydrogen (secondary N) is 1. The zero-order valence-corrected chi connectivity index (χ0v) is 10.5. The molecule has 0 unspecified atom stereocenters. The molecule has 2 aromatic rings. The van der Waals surface area contributed by atoms with Crippen molar-refractivity contribution in [3.63, 3.8) is 0 Å². The maximum Gasteiger partial charge on any atom is 0.146 e. The van der Waals surface area contributed by atoms with E-state index in [1.54, 1.807) is 12.4 Å². The van der Waals surface area contributed by atoms with Crippen LogP contribution in [0.25, 0.3) is 0 Å². The third-order valence-electron chi connectivity index (χ3n) is 2.58. The summed E-state index contributed by atoms with van der Waals surface area (Å²) in [6, 6.07) is 9.78. The molecule has 1 N–H and O–H groups in total. The number of benzene rings is 1. The molecule has 0 aliphatic carbocycles. The van der Waals surface area contributed by atoms with Crippen LogP contribution in [0.4, 0.5) is 5.69 Å². The van der Waals surface area contributed by atoms with Gasteiger partial charge in [0.05, 0.1) is 18.2 Å². The molecule has 0 saturated carbocycles. The summed E-state index contributed by atoms with van der Waals surface area (Å²) in [4.78, 5) is 4.22. The summed E-state index contributed by atoms with van der Waals surface area (Å²) in [5.74, 6) is 0.882. The quantitative estimate of drug-likeness (QED) is 0.892. The predicted molar refractivity (Wildman–Crippen MR) is 68.9 cm³/mol. The first-order valence-electron chi connectivity index (χ1n) is 5.83. The lowest BCUT2D eigenvalue weighted by Gasteiger charge is -2.10. The van der Waals surface area contributed by atoms with E-state index in [2.05, 4.69) is 35.3 Å². The van der Waals surface area contributed by atoms with Crippen molar-refractivity contribution >= 4 is 5.69 Å². The smallest absolute Gasteiger partial charge is 0.146 e. The minimum atomic E-state index is 0.287. The first-order valence-corrected chi connectivity index (χ1v) is 5.83. The predicted octanol–water partition coefficient (Wildman–Crippen LogP) is 2.34. The Morgan fingerprint density at radius 3 is 3.00 bits per heavy atom. The molecule has 18 heavy (non-hydrogen) atoms. The molecule has 0 saturated heterocycles. The van der Waals surface area contributed by atoms with Crippen LogP contribution in [0.2, 0.25) is 0 Å². The lowest BCUT2D eigenvalue weighted by atomic mass is 10.2. The molecule has 92 valence electrons. The maximum absolute atomic E-state index is 8.83. The topological polar surface area (TPSA) is 66.5 Å². The standard InChI is InChI=1S/C13H15N5/c1-10(2)18-13(16-9-17-18)8-15-12-5-3-4-11(6-12)7-14/h3-6,9-10,15H,8H2,1-2H3. The van der Waals surface area contributed by atoms with Crippen molar-refractivity contribution < 1.29 is 0 Å². The Labute approximate surface area is 106 Å². The van der Waals surface area contributed by atoms with Crippen LogP contribution < -0.4 is 5.32 Å². The molecule has 0 radical (unpaired) electrons. The van der Waals surface area contributed by atoms with Gasteiger partial charge < -0.3 is 5.32 Å². The van der Waals surface area contributed by atoms with E-state index < -0.39 is 0 Å². The van der Waals surface area contributed by atoms with Crippen molar-refractivity contribution in [2.75, 3.05) is 5.32 Å². The largest absolute Gasteiger partial charge is 0.378 e. The Morgan fingerprint density at radius 2 is 2.28 bits per heavy atom. The molecule has 0 fully saturated rings. The molecule has 5 heteroatoms. The van der Waals surface area contributed by atoms with Crippen LogP contribution in [-0.4, -0.2) is 14.8 Å². The summed E-state index contributed by atoms with van der Waals surface area (Å²) >= 11 is 0. The summed E-state index contributed by atoms with van der Waals surface area (Å²) in [5.41, 5.74) is 1.55. The lowest BCUT2D eigenvalue weighted by molar-refractivity contribution is 0.509. The van der Waals surface area contributed by atoms with Gasteiger partial charge in [-0.2, -0.15) is 10.4 Å². The Morgan fingerprint density at radius 1 is 1.44 bits per heavy atom. The first-order chi connectivity index (χ1) is 8.70. The van der Waals surface area contributed by atoms with E-state index in [0.717, 1.165) is 11.5 Å². The normalized spacial score (nSPS) is 10.3. The van der Waals surface area contributed by atoms with Gasteiger partial charge in [-0.15, -0.1) is 0 Å². The van der Waals surface area contributed by atoms with Crippen LogP contribution in [0, 0.1) is 11.3 Å². The highest BCUT2D eigenvalue weighted by molar-refractivity contribution is 5.49. The molecule has 5 nitrogen and oxygen atoms in total. The van der Waals surface area contributed by atoms with E-state index in [1.807, 2.05) is 22.9 Å². The molecule has 2 rings (SSSR count). The van der Waals surface area contributed by atoms with Gasteiger partial charge in [0, 0.05) is 11.7 Å². The van der Waals surface area contributed by atoms with Crippen molar-refractivity contribution in [1.29, 1.82) is 5.26 Å². The molecule has 1 heterocycles. The van der Waals surface area contributed by atoms with Crippen LogP contribution in [0.1, 0.15) is 31.3 Å². The van der Waals surface area contributed by atoms with Crippen LogP contribution in [-0.2, 0) is 6.54 Å². The Balaban J connectivity index is 2.07. The minimum Gasteiger partial charge on any atom is -0.378 e. The third-order valence-corrected chi connectivity index (χ3v) is 2.58. The van der Waals surface area contributed by atoms with Crippen molar-refractivity contribution in [2.24, 2.45) is 0 Å². The number of anilines is 1. The van der Waals surface area contributed by atoms with Gasteiger partial charge in [0.15, 0.2) is 0 Å². The summed E-state index contributed by atoms with van der Waals surface area (Å²) in [6.45, 7) is 4.72. The van der Waals surface area contributed by atoms with Gasteiger partial charge >= 0.3 is 0 Å². The Bertz CT molecular complexity index is 565. The molecule has 1 aromatic carbocycles. The van der Waals surface area contributed by atoms with Gasteiger partial charge in [-0.25, -0.2) is 9.67 Å². The number of aromatic nitrogens is 3. The van der Waals surface area contributed by atoms with Crippen LogP contribution in [0.5, 0.6) is 0 Å². The molecule has 1 aromatic heterocycles. The van der Waals surface area contributed by atoms with E-state index in [0.29, 0.717) is 12.1 Å². The fourth-order valence-electron chi connectivity index (χ4n) is 1.71. The first kappa shape index (κ1) is 12.1.